The zero-order valence-corrected chi connectivity index (χ0v) is 27.6. The lowest BCUT2D eigenvalue weighted by Gasteiger charge is -2.11. The third-order valence-corrected chi connectivity index (χ3v) is 8.42. The molecule has 7 rings (SSSR count). The van der Waals surface area contributed by atoms with Crippen molar-refractivity contribution >= 4 is 67.4 Å². The zero-order valence-electron chi connectivity index (χ0n) is 27.6. The summed E-state index contributed by atoms with van der Waals surface area (Å²) in [4.78, 5) is 54.4. The number of nitriles is 1. The molecule has 260 valence electrons. The Bertz CT molecular complexity index is 2640. The number of carbonyl (C=O) groups is 4. The standard InChI is InChI=1S/C21H17N3O4.C16H12N4O4/c1-24-14-10-6-5-9-13(14)16-19(24)17(12-7-3-2-4-8-12)23-18(20(16)27)21(28)22-11-15(25)26;1-20-10-5-3-2-4-8(10)12-14(20)9(6-17)19-13(15(12)23)16(24)18-7-11(21)22/h2-10,27H,11H2,1H3,(H,22,28)(H,25,26);2-5,23H,7H2,1H3,(H,18,24)(H,21,22). The number of amides is 2. The number of aliphatic carboxylic acids is 2. The van der Waals surface area contributed by atoms with E-state index in [4.69, 9.17) is 10.2 Å². The summed E-state index contributed by atoms with van der Waals surface area (Å²) in [6, 6.07) is 26.0. The van der Waals surface area contributed by atoms with Gasteiger partial charge in [-0.05, 0) is 12.1 Å². The van der Waals surface area contributed by atoms with E-state index < -0.39 is 36.8 Å². The second-order valence-corrected chi connectivity index (χ2v) is 11.5. The molecule has 0 unspecified atom stereocenters. The number of hydrogen-bond donors (Lipinski definition) is 6. The van der Waals surface area contributed by atoms with Crippen molar-refractivity contribution in [1.29, 1.82) is 5.26 Å². The van der Waals surface area contributed by atoms with Gasteiger partial charge in [0, 0.05) is 41.5 Å². The Morgan fingerprint density at radius 3 is 1.62 bits per heavy atom. The van der Waals surface area contributed by atoms with Crippen molar-refractivity contribution < 1.29 is 39.6 Å². The van der Waals surface area contributed by atoms with Crippen molar-refractivity contribution in [1.82, 2.24) is 29.7 Å². The normalized spacial score (nSPS) is 10.9. The first kappa shape index (κ1) is 34.4. The smallest absolute Gasteiger partial charge is 0.322 e. The molecule has 0 saturated heterocycles. The molecule has 4 heterocycles. The van der Waals surface area contributed by atoms with Gasteiger partial charge in [-0.1, -0.05) is 66.7 Å². The Balaban J connectivity index is 0.000000181. The van der Waals surface area contributed by atoms with Crippen molar-refractivity contribution in [3.8, 4) is 28.8 Å². The number of carbonyl (C=O) groups excluding carboxylic acids is 2. The van der Waals surface area contributed by atoms with Crippen molar-refractivity contribution in [2.24, 2.45) is 14.1 Å². The molecule has 0 aliphatic heterocycles. The van der Waals surface area contributed by atoms with E-state index in [0.29, 0.717) is 32.9 Å². The number of fused-ring (bicyclic) bond motifs is 6. The molecular formula is C37H29N7O8. The molecule has 0 radical (unpaired) electrons. The number of hydrogen-bond acceptors (Lipinski definition) is 9. The number of aryl methyl sites for hydroxylation is 2. The molecule has 2 amide bonds. The van der Waals surface area contributed by atoms with E-state index >= 15 is 0 Å². The van der Waals surface area contributed by atoms with Crippen LogP contribution in [0.4, 0.5) is 0 Å². The summed E-state index contributed by atoms with van der Waals surface area (Å²) in [7, 11) is 3.61. The van der Waals surface area contributed by atoms with Crippen LogP contribution in [0.3, 0.4) is 0 Å². The Morgan fingerprint density at radius 2 is 1.12 bits per heavy atom. The Hall–Kier alpha value is -7.47. The predicted octanol–water partition coefficient (Wildman–Crippen LogP) is 4.03. The lowest BCUT2D eigenvalue weighted by atomic mass is 10.1. The largest absolute Gasteiger partial charge is 0.505 e. The van der Waals surface area contributed by atoms with Crippen LogP contribution in [0, 0.1) is 11.3 Å². The van der Waals surface area contributed by atoms with E-state index in [0.717, 1.165) is 22.0 Å². The Labute approximate surface area is 293 Å². The second-order valence-electron chi connectivity index (χ2n) is 11.5. The molecule has 4 aromatic heterocycles. The van der Waals surface area contributed by atoms with E-state index in [1.165, 1.54) is 0 Å². The van der Waals surface area contributed by atoms with Crippen LogP contribution in [0.1, 0.15) is 26.7 Å². The molecule has 52 heavy (non-hydrogen) atoms. The number of benzene rings is 3. The highest BCUT2D eigenvalue weighted by Crippen LogP contribution is 2.41. The summed E-state index contributed by atoms with van der Waals surface area (Å²) >= 11 is 0. The van der Waals surface area contributed by atoms with Gasteiger partial charge in [0.05, 0.1) is 27.5 Å². The summed E-state index contributed by atoms with van der Waals surface area (Å²) in [5.41, 5.74) is 3.46. The minimum Gasteiger partial charge on any atom is -0.505 e. The van der Waals surface area contributed by atoms with Gasteiger partial charge in [0.2, 0.25) is 0 Å². The van der Waals surface area contributed by atoms with Crippen LogP contribution in [0.15, 0.2) is 78.9 Å². The number of rotatable bonds is 7. The van der Waals surface area contributed by atoms with Gasteiger partial charge in [0.1, 0.15) is 19.2 Å². The molecule has 7 aromatic rings. The molecule has 0 fully saturated rings. The van der Waals surface area contributed by atoms with Gasteiger partial charge >= 0.3 is 11.9 Å². The lowest BCUT2D eigenvalue weighted by Crippen LogP contribution is -2.30. The number of pyridine rings is 2. The van der Waals surface area contributed by atoms with E-state index in [9.17, 15) is 34.7 Å². The molecule has 15 nitrogen and oxygen atoms in total. The van der Waals surface area contributed by atoms with E-state index in [1.807, 2.05) is 84.4 Å². The predicted molar refractivity (Wildman–Crippen MR) is 190 cm³/mol. The summed E-state index contributed by atoms with van der Waals surface area (Å²) in [6.45, 7) is -1.18. The average molecular weight is 700 g/mol. The first-order valence-corrected chi connectivity index (χ1v) is 15.6. The van der Waals surface area contributed by atoms with E-state index in [2.05, 4.69) is 20.6 Å². The molecule has 3 aromatic carbocycles. The van der Waals surface area contributed by atoms with Gasteiger partial charge in [0.15, 0.2) is 28.6 Å². The highest BCUT2D eigenvalue weighted by Gasteiger charge is 2.26. The van der Waals surface area contributed by atoms with Crippen LogP contribution in [0.2, 0.25) is 0 Å². The van der Waals surface area contributed by atoms with Gasteiger partial charge in [0.25, 0.3) is 11.8 Å². The molecule has 0 atom stereocenters. The van der Waals surface area contributed by atoms with Gasteiger partial charge in [-0.2, -0.15) is 5.26 Å². The van der Waals surface area contributed by atoms with Crippen LogP contribution in [-0.4, -0.2) is 76.4 Å². The first-order valence-electron chi connectivity index (χ1n) is 15.6. The van der Waals surface area contributed by atoms with Crippen LogP contribution in [0.5, 0.6) is 11.5 Å². The third-order valence-electron chi connectivity index (χ3n) is 8.42. The molecule has 0 spiro atoms. The number of carboxylic acids is 2. The van der Waals surface area contributed by atoms with Gasteiger partial charge in [-0.25, -0.2) is 9.97 Å². The maximum atomic E-state index is 12.5. The minimum absolute atomic E-state index is 0.0259. The average Bonchev–Trinajstić information content (AvgIpc) is 3.62. The first-order chi connectivity index (χ1) is 24.9. The number of carboxylic acid groups (broad SMARTS) is 2. The fourth-order valence-corrected chi connectivity index (χ4v) is 6.16. The third kappa shape index (κ3) is 6.00. The van der Waals surface area contributed by atoms with Crippen LogP contribution in [0.25, 0.3) is 54.9 Å². The fraction of sp³-hybridized carbons (Fsp3) is 0.108. The molecule has 6 N–H and O–H groups in total. The lowest BCUT2D eigenvalue weighted by molar-refractivity contribution is -0.136. The maximum absolute atomic E-state index is 12.5. The van der Waals surface area contributed by atoms with Crippen molar-refractivity contribution in [3.63, 3.8) is 0 Å². The zero-order chi connectivity index (χ0) is 37.3. The van der Waals surface area contributed by atoms with E-state index in [1.54, 1.807) is 23.7 Å². The highest BCUT2D eigenvalue weighted by atomic mass is 16.4. The van der Waals surface area contributed by atoms with Crippen molar-refractivity contribution in [2.45, 2.75) is 0 Å². The maximum Gasteiger partial charge on any atom is 0.322 e. The quantitative estimate of drug-likeness (QED) is 0.139. The minimum atomic E-state index is -1.23. The van der Waals surface area contributed by atoms with Crippen molar-refractivity contribution in [3.05, 3.63) is 95.9 Å². The topological polar surface area (TPSA) is 233 Å². The SMILES string of the molecule is Cn1c2ccccc2c2c(O)c(C(=O)NCC(=O)O)nc(-c3ccccc3)c21.Cn1c2ccccc2c2c(O)c(C(=O)NCC(=O)O)nc(C#N)c21. The summed E-state index contributed by atoms with van der Waals surface area (Å²) in [6.07, 6.45) is 0. The van der Waals surface area contributed by atoms with Gasteiger partial charge < -0.3 is 40.2 Å². The molecule has 0 aliphatic carbocycles. The molecule has 0 aliphatic rings. The van der Waals surface area contributed by atoms with Gasteiger partial charge in [-0.3, -0.25) is 19.2 Å². The molecule has 15 heteroatoms. The van der Waals surface area contributed by atoms with Crippen LogP contribution < -0.4 is 10.6 Å². The number of para-hydroxylation sites is 2. The molecular weight excluding hydrogens is 670 g/mol. The second kappa shape index (κ2) is 13.8. The Kier molecular flexibility index (Phi) is 9.13. The van der Waals surface area contributed by atoms with Crippen molar-refractivity contribution in [2.75, 3.05) is 13.1 Å². The summed E-state index contributed by atoms with van der Waals surface area (Å²) in [5.74, 6) is -4.66. The molecule has 0 bridgehead atoms. The number of aromatic hydroxyl groups is 2. The summed E-state index contributed by atoms with van der Waals surface area (Å²) in [5, 5.41) is 54.9. The fourth-order valence-electron chi connectivity index (χ4n) is 6.16. The molecule has 0 saturated carbocycles. The summed E-state index contributed by atoms with van der Waals surface area (Å²) < 4.78 is 3.65. The van der Waals surface area contributed by atoms with Crippen LogP contribution in [-0.2, 0) is 23.7 Å². The number of nitrogens with zero attached hydrogens (tertiary/aromatic N) is 5. The number of aromatic nitrogens is 4. The number of nitrogens with one attached hydrogen (secondary N) is 2. The Morgan fingerprint density at radius 1 is 0.673 bits per heavy atom. The highest BCUT2D eigenvalue weighted by molar-refractivity contribution is 6.18. The van der Waals surface area contributed by atoms with Crippen LogP contribution >= 0.6 is 0 Å². The van der Waals surface area contributed by atoms with E-state index in [-0.39, 0.29) is 28.6 Å². The van der Waals surface area contributed by atoms with Gasteiger partial charge in [-0.15, -0.1) is 0 Å². The monoisotopic (exact) mass is 699 g/mol.